The summed E-state index contributed by atoms with van der Waals surface area (Å²) in [6.45, 7) is 4.06. The lowest BCUT2D eigenvalue weighted by atomic mass is 10.1. The van der Waals surface area contributed by atoms with Gasteiger partial charge in [-0.25, -0.2) is 5.10 Å². The quantitative estimate of drug-likeness (QED) is 0.681. The summed E-state index contributed by atoms with van der Waals surface area (Å²) in [6.07, 6.45) is 0. The van der Waals surface area contributed by atoms with Gasteiger partial charge in [-0.2, -0.15) is 17.7 Å². The number of aromatic amines is 1. The van der Waals surface area contributed by atoms with Crippen LogP contribution in [0.4, 0.5) is 0 Å². The van der Waals surface area contributed by atoms with Gasteiger partial charge in [0.25, 0.3) is 5.56 Å². The standard InChI is InChI=1S/C8H12N2OS/c1-5(2)7-3-6(4-12)8(11)10-9-7/h3,5,12H,4H2,1-2H3,(H,10,11). The lowest BCUT2D eigenvalue weighted by Crippen LogP contribution is -2.14. The van der Waals surface area contributed by atoms with Crippen molar-refractivity contribution in [2.75, 3.05) is 0 Å². The Hall–Kier alpha value is -0.770. The van der Waals surface area contributed by atoms with Gasteiger partial charge in [-0.3, -0.25) is 4.79 Å². The number of nitrogens with one attached hydrogen (secondary N) is 1. The molecule has 1 aromatic heterocycles. The first-order chi connectivity index (χ1) is 5.65. The van der Waals surface area contributed by atoms with Crippen LogP contribution < -0.4 is 5.56 Å². The normalized spacial score (nSPS) is 10.7. The van der Waals surface area contributed by atoms with Crippen molar-refractivity contribution in [3.63, 3.8) is 0 Å². The van der Waals surface area contributed by atoms with Crippen LogP contribution >= 0.6 is 12.6 Å². The molecule has 1 rings (SSSR count). The molecule has 0 saturated heterocycles. The maximum Gasteiger partial charge on any atom is 0.268 e. The van der Waals surface area contributed by atoms with Crippen molar-refractivity contribution >= 4 is 12.6 Å². The third-order valence-electron chi connectivity index (χ3n) is 1.66. The van der Waals surface area contributed by atoms with E-state index in [1.165, 1.54) is 0 Å². The first-order valence-corrected chi connectivity index (χ1v) is 4.47. The Morgan fingerprint density at radius 2 is 2.33 bits per heavy atom. The first kappa shape index (κ1) is 9.32. The predicted molar refractivity (Wildman–Crippen MR) is 51.6 cm³/mol. The minimum absolute atomic E-state index is 0.144. The largest absolute Gasteiger partial charge is 0.268 e. The monoisotopic (exact) mass is 184 g/mol. The van der Waals surface area contributed by atoms with Gasteiger partial charge >= 0.3 is 0 Å². The topological polar surface area (TPSA) is 45.8 Å². The maximum atomic E-state index is 11.1. The van der Waals surface area contributed by atoms with Gasteiger partial charge in [0.1, 0.15) is 0 Å². The van der Waals surface area contributed by atoms with Crippen LogP contribution in [-0.4, -0.2) is 10.2 Å². The minimum Gasteiger partial charge on any atom is -0.268 e. The number of aromatic nitrogens is 2. The molecule has 0 fully saturated rings. The molecule has 0 aliphatic heterocycles. The van der Waals surface area contributed by atoms with Crippen LogP contribution in [0.1, 0.15) is 31.0 Å². The Bertz CT molecular complexity index is 319. The van der Waals surface area contributed by atoms with Gasteiger partial charge < -0.3 is 0 Å². The van der Waals surface area contributed by atoms with E-state index < -0.39 is 0 Å². The van der Waals surface area contributed by atoms with E-state index in [0.717, 1.165) is 5.69 Å². The predicted octanol–water partition coefficient (Wildman–Crippen LogP) is 1.32. The second-order valence-corrected chi connectivity index (χ2v) is 3.28. The fourth-order valence-electron chi connectivity index (χ4n) is 0.877. The van der Waals surface area contributed by atoms with E-state index in [-0.39, 0.29) is 5.56 Å². The second kappa shape index (κ2) is 3.76. The van der Waals surface area contributed by atoms with E-state index >= 15 is 0 Å². The summed E-state index contributed by atoms with van der Waals surface area (Å²) in [6, 6.07) is 1.80. The van der Waals surface area contributed by atoms with Crippen molar-refractivity contribution in [1.29, 1.82) is 0 Å². The molecule has 1 N–H and O–H groups in total. The van der Waals surface area contributed by atoms with Crippen LogP contribution in [0, 0.1) is 0 Å². The first-order valence-electron chi connectivity index (χ1n) is 3.84. The molecule has 0 aliphatic carbocycles. The molecule has 66 valence electrons. The second-order valence-electron chi connectivity index (χ2n) is 2.96. The zero-order chi connectivity index (χ0) is 9.14. The molecule has 1 aromatic rings. The highest BCUT2D eigenvalue weighted by atomic mass is 32.1. The molecule has 0 amide bonds. The lowest BCUT2D eigenvalue weighted by Gasteiger charge is -2.03. The summed E-state index contributed by atoms with van der Waals surface area (Å²) in [4.78, 5) is 11.1. The Balaban J connectivity index is 3.14. The van der Waals surface area contributed by atoms with Gasteiger partial charge in [0.05, 0.1) is 5.69 Å². The van der Waals surface area contributed by atoms with Crippen molar-refractivity contribution < 1.29 is 0 Å². The van der Waals surface area contributed by atoms with E-state index in [1.54, 1.807) is 6.07 Å². The molecule has 0 atom stereocenters. The SMILES string of the molecule is CC(C)c1cc(CS)c(=O)[nH]n1. The zero-order valence-corrected chi connectivity index (χ0v) is 8.06. The van der Waals surface area contributed by atoms with Crippen molar-refractivity contribution in [2.24, 2.45) is 0 Å². The molecule has 0 unspecified atom stereocenters. The highest BCUT2D eigenvalue weighted by molar-refractivity contribution is 7.79. The highest BCUT2D eigenvalue weighted by Crippen LogP contribution is 2.10. The molecule has 4 heteroatoms. The summed E-state index contributed by atoms with van der Waals surface area (Å²) in [7, 11) is 0. The van der Waals surface area contributed by atoms with Crippen LogP contribution in [0.25, 0.3) is 0 Å². The van der Waals surface area contributed by atoms with E-state index in [0.29, 0.717) is 17.2 Å². The average molecular weight is 184 g/mol. The van der Waals surface area contributed by atoms with Gasteiger partial charge in [0, 0.05) is 11.3 Å². The number of hydrogen-bond donors (Lipinski definition) is 2. The maximum absolute atomic E-state index is 11.1. The van der Waals surface area contributed by atoms with Crippen molar-refractivity contribution in [1.82, 2.24) is 10.2 Å². The Kier molecular flexibility index (Phi) is 2.92. The van der Waals surface area contributed by atoms with Crippen molar-refractivity contribution in [2.45, 2.75) is 25.5 Å². The van der Waals surface area contributed by atoms with Crippen LogP contribution in [0.2, 0.25) is 0 Å². The Morgan fingerprint density at radius 1 is 1.67 bits per heavy atom. The number of rotatable bonds is 2. The van der Waals surface area contributed by atoms with E-state index in [2.05, 4.69) is 22.8 Å². The molecule has 0 bridgehead atoms. The summed E-state index contributed by atoms with van der Waals surface area (Å²) in [5, 5.41) is 6.36. The van der Waals surface area contributed by atoms with Crippen LogP contribution in [0.3, 0.4) is 0 Å². The lowest BCUT2D eigenvalue weighted by molar-refractivity contribution is 0.771. The van der Waals surface area contributed by atoms with E-state index in [4.69, 9.17) is 0 Å². The third kappa shape index (κ3) is 1.88. The van der Waals surface area contributed by atoms with Crippen LogP contribution in [-0.2, 0) is 5.75 Å². The summed E-state index contributed by atoms with van der Waals surface area (Å²) in [5.41, 5.74) is 1.44. The summed E-state index contributed by atoms with van der Waals surface area (Å²) >= 11 is 4.05. The molecule has 1 heterocycles. The van der Waals surface area contributed by atoms with Crippen LogP contribution in [0.5, 0.6) is 0 Å². The van der Waals surface area contributed by atoms with Crippen molar-refractivity contribution in [3.8, 4) is 0 Å². The molecule has 0 radical (unpaired) electrons. The van der Waals surface area contributed by atoms with Crippen molar-refractivity contribution in [3.05, 3.63) is 27.7 Å². The highest BCUT2D eigenvalue weighted by Gasteiger charge is 2.04. The van der Waals surface area contributed by atoms with Crippen LogP contribution in [0.15, 0.2) is 10.9 Å². The van der Waals surface area contributed by atoms with Gasteiger partial charge in [-0.1, -0.05) is 13.8 Å². The van der Waals surface area contributed by atoms with Gasteiger partial charge in [0.15, 0.2) is 0 Å². The number of nitrogens with zero attached hydrogens (tertiary/aromatic N) is 1. The molecular weight excluding hydrogens is 172 g/mol. The molecule has 0 aromatic carbocycles. The fourth-order valence-corrected chi connectivity index (χ4v) is 1.11. The third-order valence-corrected chi connectivity index (χ3v) is 2.00. The fraction of sp³-hybridized carbons (Fsp3) is 0.500. The molecule has 0 spiro atoms. The molecule has 0 saturated carbocycles. The molecule has 3 nitrogen and oxygen atoms in total. The Morgan fingerprint density at radius 3 is 2.83 bits per heavy atom. The van der Waals surface area contributed by atoms with E-state index in [9.17, 15) is 4.79 Å². The number of hydrogen-bond acceptors (Lipinski definition) is 3. The number of H-pyrrole nitrogens is 1. The molecule has 12 heavy (non-hydrogen) atoms. The molecular formula is C8H12N2OS. The Labute approximate surface area is 76.6 Å². The zero-order valence-electron chi connectivity index (χ0n) is 7.16. The van der Waals surface area contributed by atoms with Gasteiger partial charge in [-0.05, 0) is 12.0 Å². The van der Waals surface area contributed by atoms with E-state index in [1.807, 2.05) is 13.8 Å². The molecule has 0 aliphatic rings. The minimum atomic E-state index is -0.144. The smallest absolute Gasteiger partial charge is 0.268 e. The summed E-state index contributed by atoms with van der Waals surface area (Å²) in [5.74, 6) is 0.790. The number of thiol groups is 1. The summed E-state index contributed by atoms with van der Waals surface area (Å²) < 4.78 is 0. The average Bonchev–Trinajstić information content (AvgIpc) is 2.05. The van der Waals surface area contributed by atoms with Gasteiger partial charge in [-0.15, -0.1) is 0 Å². The van der Waals surface area contributed by atoms with Gasteiger partial charge in [0.2, 0.25) is 0 Å².